The average Bonchev–Trinajstić information content (AvgIpc) is 2.95. The Morgan fingerprint density at radius 2 is 2.11 bits per heavy atom. The molecule has 2 aromatic rings. The van der Waals surface area contributed by atoms with Crippen molar-refractivity contribution in [3.8, 4) is 0 Å². The third kappa shape index (κ3) is 2.09. The Bertz CT molecular complexity index is 635. The van der Waals surface area contributed by atoms with E-state index in [-0.39, 0.29) is 11.5 Å². The van der Waals surface area contributed by atoms with Crippen molar-refractivity contribution in [2.24, 2.45) is 5.92 Å². The van der Waals surface area contributed by atoms with Gasteiger partial charge in [-0.05, 0) is 43.6 Å². The van der Waals surface area contributed by atoms with E-state index in [0.29, 0.717) is 23.4 Å². The first-order valence-corrected chi connectivity index (χ1v) is 6.18. The molecule has 1 unspecified atom stereocenters. The lowest BCUT2D eigenvalue weighted by molar-refractivity contribution is 0.0964. The lowest BCUT2D eigenvalue weighted by atomic mass is 9.97. The number of benzene rings is 1. The number of rotatable bonds is 3. The maximum absolute atomic E-state index is 12.1. The van der Waals surface area contributed by atoms with Gasteiger partial charge in [-0.25, -0.2) is 4.79 Å². The van der Waals surface area contributed by atoms with Crippen molar-refractivity contribution in [1.82, 2.24) is 15.3 Å². The fraction of sp³-hybridized carbons (Fsp3) is 0.385. The lowest BCUT2D eigenvalue weighted by Crippen LogP contribution is -2.12. The normalized spacial score (nSPS) is 19.4. The molecule has 94 valence electrons. The summed E-state index contributed by atoms with van der Waals surface area (Å²) in [5.41, 5.74) is 1.86. The molecule has 0 aliphatic carbocycles. The maximum Gasteiger partial charge on any atom is 0.323 e. The van der Waals surface area contributed by atoms with Gasteiger partial charge in [0.25, 0.3) is 0 Å². The molecule has 0 amide bonds. The van der Waals surface area contributed by atoms with Crippen molar-refractivity contribution in [2.75, 3.05) is 13.1 Å². The van der Waals surface area contributed by atoms with Crippen LogP contribution in [-0.2, 0) is 0 Å². The van der Waals surface area contributed by atoms with Gasteiger partial charge in [-0.1, -0.05) is 0 Å². The van der Waals surface area contributed by atoms with E-state index in [1.807, 2.05) is 0 Å². The number of carbonyl (C=O) groups is 1. The van der Waals surface area contributed by atoms with Crippen LogP contribution < -0.4 is 11.0 Å². The van der Waals surface area contributed by atoms with Crippen LogP contribution in [0.2, 0.25) is 0 Å². The number of fused-ring (bicyclic) bond motifs is 1. The second kappa shape index (κ2) is 4.42. The predicted molar refractivity (Wildman–Crippen MR) is 68.8 cm³/mol. The van der Waals surface area contributed by atoms with Crippen LogP contribution in [-0.4, -0.2) is 28.8 Å². The van der Waals surface area contributed by atoms with Crippen LogP contribution in [0.4, 0.5) is 0 Å². The highest BCUT2D eigenvalue weighted by atomic mass is 16.1. The third-order valence-electron chi connectivity index (χ3n) is 3.47. The van der Waals surface area contributed by atoms with E-state index in [1.54, 1.807) is 18.2 Å². The molecule has 5 nitrogen and oxygen atoms in total. The summed E-state index contributed by atoms with van der Waals surface area (Å²) in [5, 5.41) is 3.26. The number of nitrogens with one attached hydrogen (secondary N) is 3. The van der Waals surface area contributed by atoms with Crippen molar-refractivity contribution >= 4 is 16.8 Å². The van der Waals surface area contributed by atoms with Crippen molar-refractivity contribution in [3.63, 3.8) is 0 Å². The van der Waals surface area contributed by atoms with Gasteiger partial charge in [-0.3, -0.25) is 4.79 Å². The number of aromatic nitrogens is 2. The van der Waals surface area contributed by atoms with E-state index in [9.17, 15) is 9.59 Å². The number of aromatic amines is 2. The zero-order valence-corrected chi connectivity index (χ0v) is 9.95. The summed E-state index contributed by atoms with van der Waals surface area (Å²) in [6, 6.07) is 5.29. The van der Waals surface area contributed by atoms with E-state index in [0.717, 1.165) is 25.0 Å². The number of imidazole rings is 1. The Morgan fingerprint density at radius 3 is 2.89 bits per heavy atom. The fourth-order valence-corrected chi connectivity index (χ4v) is 2.47. The monoisotopic (exact) mass is 245 g/mol. The average molecular weight is 245 g/mol. The Kier molecular flexibility index (Phi) is 2.76. The van der Waals surface area contributed by atoms with Crippen LogP contribution in [0.1, 0.15) is 23.2 Å². The Hall–Kier alpha value is -1.88. The van der Waals surface area contributed by atoms with E-state index in [4.69, 9.17) is 0 Å². The highest BCUT2D eigenvalue weighted by molar-refractivity contribution is 5.98. The molecule has 0 saturated carbocycles. The van der Waals surface area contributed by atoms with Gasteiger partial charge >= 0.3 is 5.69 Å². The molecule has 1 aromatic heterocycles. The Morgan fingerprint density at radius 1 is 1.28 bits per heavy atom. The minimum atomic E-state index is -0.241. The van der Waals surface area contributed by atoms with Crippen LogP contribution in [0.25, 0.3) is 11.0 Å². The van der Waals surface area contributed by atoms with Crippen LogP contribution in [0, 0.1) is 5.92 Å². The molecule has 0 bridgehead atoms. The van der Waals surface area contributed by atoms with Gasteiger partial charge in [0, 0.05) is 12.0 Å². The molecule has 1 saturated heterocycles. The van der Waals surface area contributed by atoms with Gasteiger partial charge in [0.2, 0.25) is 0 Å². The van der Waals surface area contributed by atoms with Gasteiger partial charge in [0.15, 0.2) is 5.78 Å². The molecule has 3 rings (SSSR count). The summed E-state index contributed by atoms with van der Waals surface area (Å²) >= 11 is 0. The van der Waals surface area contributed by atoms with E-state index in [2.05, 4.69) is 15.3 Å². The Balaban J connectivity index is 1.84. The highest BCUT2D eigenvalue weighted by Crippen LogP contribution is 2.18. The van der Waals surface area contributed by atoms with Crippen LogP contribution >= 0.6 is 0 Å². The van der Waals surface area contributed by atoms with Gasteiger partial charge in [0.05, 0.1) is 11.0 Å². The van der Waals surface area contributed by atoms with Crippen molar-refractivity contribution in [2.45, 2.75) is 12.8 Å². The minimum Gasteiger partial charge on any atom is -0.316 e. The quantitative estimate of drug-likeness (QED) is 0.707. The van der Waals surface area contributed by atoms with Crippen LogP contribution in [0.3, 0.4) is 0 Å². The molecule has 1 aliphatic rings. The summed E-state index contributed by atoms with van der Waals surface area (Å²) in [7, 11) is 0. The first kappa shape index (κ1) is 11.2. The standard InChI is InChI=1S/C13H15N3O2/c17-12(5-8-3-4-14-7-8)9-1-2-10-11(6-9)16-13(18)15-10/h1-2,6,8,14H,3-5,7H2,(H2,15,16,18). The van der Waals surface area contributed by atoms with Crippen molar-refractivity contribution in [3.05, 3.63) is 34.2 Å². The zero-order valence-electron chi connectivity index (χ0n) is 9.95. The molecule has 0 spiro atoms. The van der Waals surface area contributed by atoms with Crippen molar-refractivity contribution < 1.29 is 4.79 Å². The van der Waals surface area contributed by atoms with Crippen LogP contribution in [0.5, 0.6) is 0 Å². The van der Waals surface area contributed by atoms with E-state index >= 15 is 0 Å². The largest absolute Gasteiger partial charge is 0.323 e. The third-order valence-corrected chi connectivity index (χ3v) is 3.47. The molecule has 1 atom stereocenters. The SMILES string of the molecule is O=C(CC1CCNC1)c1ccc2[nH]c(=O)[nH]c2c1. The molecule has 5 heteroatoms. The summed E-state index contributed by atoms with van der Waals surface area (Å²) in [4.78, 5) is 28.6. The van der Waals surface area contributed by atoms with Gasteiger partial charge in [-0.2, -0.15) is 0 Å². The van der Waals surface area contributed by atoms with Crippen LogP contribution in [0.15, 0.2) is 23.0 Å². The van der Waals surface area contributed by atoms with Crippen molar-refractivity contribution in [1.29, 1.82) is 0 Å². The minimum absolute atomic E-state index is 0.146. The summed E-state index contributed by atoms with van der Waals surface area (Å²) in [6.07, 6.45) is 1.64. The molecule has 1 aliphatic heterocycles. The number of ketones is 1. The first-order chi connectivity index (χ1) is 8.72. The molecule has 2 heterocycles. The molecular weight excluding hydrogens is 230 g/mol. The number of Topliss-reactive ketones (excluding diaryl/α,β-unsaturated/α-hetero) is 1. The fourth-order valence-electron chi connectivity index (χ4n) is 2.47. The molecule has 1 aromatic carbocycles. The molecule has 18 heavy (non-hydrogen) atoms. The van der Waals surface area contributed by atoms with E-state index < -0.39 is 0 Å². The second-order valence-corrected chi connectivity index (χ2v) is 4.83. The Labute approximate surface area is 104 Å². The molecule has 1 fully saturated rings. The zero-order chi connectivity index (χ0) is 12.5. The molecule has 3 N–H and O–H groups in total. The first-order valence-electron chi connectivity index (χ1n) is 6.18. The summed E-state index contributed by atoms with van der Waals surface area (Å²) in [6.45, 7) is 1.93. The maximum atomic E-state index is 12.1. The highest BCUT2D eigenvalue weighted by Gasteiger charge is 2.19. The smallest absolute Gasteiger partial charge is 0.316 e. The predicted octanol–water partition coefficient (Wildman–Crippen LogP) is 1.04. The van der Waals surface area contributed by atoms with Gasteiger partial charge < -0.3 is 15.3 Å². The molecule has 0 radical (unpaired) electrons. The summed E-state index contributed by atoms with van der Waals surface area (Å²) < 4.78 is 0. The number of carbonyl (C=O) groups excluding carboxylic acids is 1. The summed E-state index contributed by atoms with van der Waals surface area (Å²) in [5.74, 6) is 0.589. The number of hydrogen-bond acceptors (Lipinski definition) is 3. The number of H-pyrrole nitrogens is 2. The second-order valence-electron chi connectivity index (χ2n) is 4.83. The topological polar surface area (TPSA) is 77.8 Å². The van der Waals surface area contributed by atoms with Gasteiger partial charge in [0.1, 0.15) is 0 Å². The lowest BCUT2D eigenvalue weighted by Gasteiger charge is -2.06. The number of hydrogen-bond donors (Lipinski definition) is 3. The van der Waals surface area contributed by atoms with E-state index in [1.165, 1.54) is 0 Å². The van der Waals surface area contributed by atoms with Gasteiger partial charge in [-0.15, -0.1) is 0 Å². The molecular formula is C13H15N3O2.